The minimum atomic E-state index is -0.593. The molecule has 1 N–H and O–H groups in total. The normalized spacial score (nSPS) is 10.0. The van der Waals surface area contributed by atoms with Crippen molar-refractivity contribution in [2.75, 3.05) is 5.32 Å². The molecule has 0 atom stereocenters. The Morgan fingerprint density at radius 1 is 1.19 bits per heavy atom. The Balaban J connectivity index is 2.08. The minimum Gasteiger partial charge on any atom is -0.326 e. The molecule has 3 nitrogen and oxygen atoms in total. The average Bonchev–Trinajstić information content (AvgIpc) is 2.45. The Kier molecular flexibility index (Phi) is 4.34. The van der Waals surface area contributed by atoms with Crippen LogP contribution in [-0.4, -0.2) is 5.91 Å². The topological polar surface area (TPSA) is 52.9 Å². The molecule has 21 heavy (non-hydrogen) atoms. The van der Waals surface area contributed by atoms with Gasteiger partial charge in [-0.15, -0.1) is 0 Å². The summed E-state index contributed by atoms with van der Waals surface area (Å²) in [6, 6.07) is 11.5. The number of carbonyl (C=O) groups is 1. The molecule has 0 fully saturated rings. The number of nitriles is 1. The van der Waals surface area contributed by atoms with Gasteiger partial charge in [0, 0.05) is 5.69 Å². The van der Waals surface area contributed by atoms with Gasteiger partial charge in [-0.1, -0.05) is 18.2 Å². The molecule has 0 spiro atoms. The van der Waals surface area contributed by atoms with Crippen LogP contribution in [0.2, 0.25) is 0 Å². The number of anilines is 1. The highest BCUT2D eigenvalue weighted by molar-refractivity contribution is 5.92. The summed E-state index contributed by atoms with van der Waals surface area (Å²) in [6.07, 6.45) is 0.236. The van der Waals surface area contributed by atoms with Gasteiger partial charge in [0.05, 0.1) is 12.0 Å². The molecule has 0 radical (unpaired) electrons. The average molecular weight is 282 g/mol. The zero-order valence-electron chi connectivity index (χ0n) is 11.9. The van der Waals surface area contributed by atoms with Crippen molar-refractivity contribution in [3.05, 3.63) is 64.5 Å². The fourth-order valence-corrected chi connectivity index (χ4v) is 1.99. The van der Waals surface area contributed by atoms with E-state index in [4.69, 9.17) is 5.26 Å². The lowest BCUT2D eigenvalue weighted by Gasteiger charge is -2.07. The maximum atomic E-state index is 13.2. The van der Waals surface area contributed by atoms with Crippen LogP contribution in [-0.2, 0) is 11.2 Å². The Morgan fingerprint density at radius 2 is 1.95 bits per heavy atom. The molecule has 0 saturated carbocycles. The summed E-state index contributed by atoms with van der Waals surface area (Å²) >= 11 is 0. The van der Waals surface area contributed by atoms with Crippen molar-refractivity contribution in [3.8, 4) is 6.07 Å². The van der Waals surface area contributed by atoms with Crippen LogP contribution in [0.15, 0.2) is 36.4 Å². The number of aryl methyl sites for hydroxylation is 2. The van der Waals surface area contributed by atoms with E-state index in [9.17, 15) is 9.18 Å². The predicted octanol–water partition coefficient (Wildman–Crippen LogP) is 3.50. The standard InChI is InChI=1S/C17H15FN2O/c1-11-3-4-13(7-12(11)2)8-17(21)20-15-5-6-16(18)14(9-15)10-19/h3-7,9H,8H2,1-2H3,(H,20,21). The van der Waals surface area contributed by atoms with Crippen LogP contribution in [0.25, 0.3) is 0 Å². The van der Waals surface area contributed by atoms with E-state index in [0.29, 0.717) is 5.69 Å². The van der Waals surface area contributed by atoms with Crippen molar-refractivity contribution < 1.29 is 9.18 Å². The summed E-state index contributed by atoms with van der Waals surface area (Å²) in [5.74, 6) is -0.793. The van der Waals surface area contributed by atoms with Crippen LogP contribution in [0.3, 0.4) is 0 Å². The Morgan fingerprint density at radius 3 is 2.62 bits per heavy atom. The minimum absolute atomic E-state index is 0.0843. The highest BCUT2D eigenvalue weighted by atomic mass is 19.1. The summed E-state index contributed by atoms with van der Waals surface area (Å²) in [5, 5.41) is 11.4. The molecule has 0 unspecified atom stereocenters. The smallest absolute Gasteiger partial charge is 0.228 e. The lowest BCUT2D eigenvalue weighted by molar-refractivity contribution is -0.115. The second kappa shape index (κ2) is 6.19. The van der Waals surface area contributed by atoms with Crippen molar-refractivity contribution in [2.24, 2.45) is 0 Å². The Bertz CT molecular complexity index is 732. The molecule has 0 heterocycles. The first kappa shape index (κ1) is 14.7. The van der Waals surface area contributed by atoms with Crippen LogP contribution in [0.5, 0.6) is 0 Å². The van der Waals surface area contributed by atoms with Crippen LogP contribution in [0.4, 0.5) is 10.1 Å². The molecule has 2 rings (SSSR count). The third-order valence-corrected chi connectivity index (χ3v) is 3.31. The number of hydrogen-bond acceptors (Lipinski definition) is 2. The first-order chi connectivity index (χ1) is 9.99. The quantitative estimate of drug-likeness (QED) is 0.936. The van der Waals surface area contributed by atoms with Gasteiger partial charge in [0.15, 0.2) is 0 Å². The fraction of sp³-hybridized carbons (Fsp3) is 0.176. The number of nitrogens with one attached hydrogen (secondary N) is 1. The molecule has 0 aliphatic heterocycles. The van der Waals surface area contributed by atoms with E-state index in [-0.39, 0.29) is 17.9 Å². The van der Waals surface area contributed by atoms with Crippen LogP contribution < -0.4 is 5.32 Å². The Labute approximate surface area is 123 Å². The lowest BCUT2D eigenvalue weighted by Crippen LogP contribution is -2.14. The van der Waals surface area contributed by atoms with Gasteiger partial charge in [0.25, 0.3) is 0 Å². The van der Waals surface area contributed by atoms with E-state index in [1.807, 2.05) is 32.0 Å². The monoisotopic (exact) mass is 282 g/mol. The SMILES string of the molecule is Cc1ccc(CC(=O)Nc2ccc(F)c(C#N)c2)cc1C. The van der Waals surface area contributed by atoms with Crippen molar-refractivity contribution >= 4 is 11.6 Å². The number of rotatable bonds is 3. The predicted molar refractivity (Wildman–Crippen MR) is 79.4 cm³/mol. The summed E-state index contributed by atoms with van der Waals surface area (Å²) in [6.45, 7) is 4.01. The van der Waals surface area contributed by atoms with E-state index >= 15 is 0 Å². The second-order valence-corrected chi connectivity index (χ2v) is 4.95. The van der Waals surface area contributed by atoms with Gasteiger partial charge in [-0.2, -0.15) is 5.26 Å². The van der Waals surface area contributed by atoms with Crippen LogP contribution in [0, 0.1) is 31.0 Å². The van der Waals surface area contributed by atoms with E-state index in [1.54, 1.807) is 6.07 Å². The van der Waals surface area contributed by atoms with Gasteiger partial charge in [0.2, 0.25) is 5.91 Å². The zero-order valence-corrected chi connectivity index (χ0v) is 11.9. The number of carbonyl (C=O) groups excluding carboxylic acids is 1. The molecule has 2 aromatic rings. The van der Waals surface area contributed by atoms with Crippen LogP contribution >= 0.6 is 0 Å². The molecule has 1 amide bonds. The van der Waals surface area contributed by atoms with Gasteiger partial charge in [0.1, 0.15) is 11.9 Å². The number of nitrogens with zero attached hydrogens (tertiary/aromatic N) is 1. The van der Waals surface area contributed by atoms with E-state index < -0.39 is 5.82 Å². The van der Waals surface area contributed by atoms with E-state index in [0.717, 1.165) is 11.1 Å². The van der Waals surface area contributed by atoms with Crippen LogP contribution in [0.1, 0.15) is 22.3 Å². The van der Waals surface area contributed by atoms with Crippen molar-refractivity contribution in [2.45, 2.75) is 20.3 Å². The van der Waals surface area contributed by atoms with Gasteiger partial charge >= 0.3 is 0 Å². The summed E-state index contributed by atoms with van der Waals surface area (Å²) < 4.78 is 13.2. The zero-order chi connectivity index (χ0) is 15.4. The molecule has 0 aliphatic carbocycles. The molecule has 0 aromatic heterocycles. The van der Waals surface area contributed by atoms with Crippen molar-refractivity contribution in [3.63, 3.8) is 0 Å². The van der Waals surface area contributed by atoms with Gasteiger partial charge < -0.3 is 5.32 Å². The fourth-order valence-electron chi connectivity index (χ4n) is 1.99. The molecule has 0 aliphatic rings. The third-order valence-electron chi connectivity index (χ3n) is 3.31. The number of halogens is 1. The molecule has 0 saturated heterocycles. The number of hydrogen-bond donors (Lipinski definition) is 1. The molecule has 2 aromatic carbocycles. The molecular weight excluding hydrogens is 267 g/mol. The van der Waals surface area contributed by atoms with E-state index in [2.05, 4.69) is 5.32 Å². The molecule has 0 bridgehead atoms. The third kappa shape index (κ3) is 3.67. The molecule has 106 valence electrons. The summed E-state index contributed by atoms with van der Waals surface area (Å²) in [7, 11) is 0. The first-order valence-electron chi connectivity index (χ1n) is 6.55. The molecule has 4 heteroatoms. The van der Waals surface area contributed by atoms with Gasteiger partial charge in [-0.05, 0) is 48.7 Å². The molecular formula is C17H15FN2O. The number of benzene rings is 2. The maximum Gasteiger partial charge on any atom is 0.228 e. The highest BCUT2D eigenvalue weighted by Crippen LogP contribution is 2.15. The lowest BCUT2D eigenvalue weighted by atomic mass is 10.0. The second-order valence-electron chi connectivity index (χ2n) is 4.95. The number of amides is 1. The largest absolute Gasteiger partial charge is 0.326 e. The van der Waals surface area contributed by atoms with E-state index in [1.165, 1.54) is 23.8 Å². The first-order valence-corrected chi connectivity index (χ1v) is 6.55. The van der Waals surface area contributed by atoms with Crippen molar-refractivity contribution in [1.29, 1.82) is 5.26 Å². The summed E-state index contributed by atoms with van der Waals surface area (Å²) in [4.78, 5) is 12.0. The summed E-state index contributed by atoms with van der Waals surface area (Å²) in [5.41, 5.74) is 3.56. The maximum absolute atomic E-state index is 13.2. The van der Waals surface area contributed by atoms with Gasteiger partial charge in [-0.25, -0.2) is 4.39 Å². The highest BCUT2D eigenvalue weighted by Gasteiger charge is 2.07. The van der Waals surface area contributed by atoms with Crippen molar-refractivity contribution in [1.82, 2.24) is 0 Å². The Hall–Kier alpha value is -2.67. The van der Waals surface area contributed by atoms with Gasteiger partial charge in [-0.3, -0.25) is 4.79 Å².